The Hall–Kier alpha value is -2.94. The Morgan fingerprint density at radius 2 is 2.10 bits per heavy atom. The zero-order chi connectivity index (χ0) is 14.7. The lowest BCUT2D eigenvalue weighted by molar-refractivity contribution is -0.385. The molecule has 0 aliphatic rings. The maximum Gasteiger partial charge on any atom is 0.287 e. The lowest BCUT2D eigenvalue weighted by atomic mass is 10.2. The summed E-state index contributed by atoms with van der Waals surface area (Å²) in [5.41, 5.74) is -0.0324. The van der Waals surface area contributed by atoms with Crippen LogP contribution in [0, 0.1) is 34.2 Å². The minimum atomic E-state index is -0.657. The highest BCUT2D eigenvalue weighted by Gasteiger charge is 2.15. The average Bonchev–Trinajstić information content (AvgIpc) is 2.43. The number of aryl methyl sites for hydroxylation is 1. The Kier molecular flexibility index (Phi) is 3.62. The first-order valence-electron chi connectivity index (χ1n) is 5.64. The molecule has 2 rings (SSSR count). The molecule has 0 unspecified atom stereocenters. The van der Waals surface area contributed by atoms with E-state index in [1.54, 1.807) is 25.1 Å². The molecule has 0 saturated heterocycles. The van der Waals surface area contributed by atoms with Crippen molar-refractivity contribution in [2.45, 2.75) is 6.92 Å². The van der Waals surface area contributed by atoms with E-state index >= 15 is 0 Å². The lowest BCUT2D eigenvalue weighted by Crippen LogP contribution is -1.94. The maximum atomic E-state index is 13.8. The van der Waals surface area contributed by atoms with Crippen molar-refractivity contribution in [3.63, 3.8) is 0 Å². The molecular weight excluding hydrogens is 263 g/mol. The van der Waals surface area contributed by atoms with Gasteiger partial charge in [0.15, 0.2) is 11.6 Å². The standard InChI is InChI=1S/C14H9FN2O3/c1-9-3-2-4-13(14(9)15)20-11-5-6-12(17(18)19)10(7-11)8-16/h2-7H,1H3. The highest BCUT2D eigenvalue weighted by atomic mass is 19.1. The van der Waals surface area contributed by atoms with Gasteiger partial charge in [-0.1, -0.05) is 12.1 Å². The number of halogens is 1. The Morgan fingerprint density at radius 3 is 2.75 bits per heavy atom. The van der Waals surface area contributed by atoms with Crippen LogP contribution in [0.4, 0.5) is 10.1 Å². The van der Waals surface area contributed by atoms with Crippen LogP contribution in [0.5, 0.6) is 11.5 Å². The van der Waals surface area contributed by atoms with Crippen LogP contribution in [0.2, 0.25) is 0 Å². The van der Waals surface area contributed by atoms with Gasteiger partial charge in [0.05, 0.1) is 4.92 Å². The molecule has 20 heavy (non-hydrogen) atoms. The number of nitriles is 1. The van der Waals surface area contributed by atoms with E-state index in [1.165, 1.54) is 18.2 Å². The predicted molar refractivity (Wildman–Crippen MR) is 69.0 cm³/mol. The van der Waals surface area contributed by atoms with E-state index in [4.69, 9.17) is 10.00 Å². The zero-order valence-corrected chi connectivity index (χ0v) is 10.5. The van der Waals surface area contributed by atoms with Crippen LogP contribution in [-0.4, -0.2) is 4.92 Å². The Labute approximate surface area is 114 Å². The third kappa shape index (κ3) is 2.57. The summed E-state index contributed by atoms with van der Waals surface area (Å²) in [5, 5.41) is 19.6. The van der Waals surface area contributed by atoms with E-state index in [2.05, 4.69) is 0 Å². The molecule has 0 aliphatic carbocycles. The largest absolute Gasteiger partial charge is 0.454 e. The third-order valence-corrected chi connectivity index (χ3v) is 2.67. The fraction of sp³-hybridized carbons (Fsp3) is 0.0714. The Bertz CT molecular complexity index is 723. The molecule has 0 bridgehead atoms. The van der Waals surface area contributed by atoms with Gasteiger partial charge >= 0.3 is 0 Å². The number of benzene rings is 2. The molecule has 0 saturated carbocycles. The van der Waals surface area contributed by atoms with Crippen LogP contribution in [0.1, 0.15) is 11.1 Å². The quantitative estimate of drug-likeness (QED) is 0.630. The molecule has 5 nitrogen and oxygen atoms in total. The second kappa shape index (κ2) is 5.36. The highest BCUT2D eigenvalue weighted by Crippen LogP contribution is 2.29. The third-order valence-electron chi connectivity index (χ3n) is 2.67. The van der Waals surface area contributed by atoms with Crippen LogP contribution in [0.15, 0.2) is 36.4 Å². The molecule has 2 aromatic carbocycles. The van der Waals surface area contributed by atoms with Crippen molar-refractivity contribution in [2.24, 2.45) is 0 Å². The smallest absolute Gasteiger partial charge is 0.287 e. The number of nitrogens with zero attached hydrogens (tertiary/aromatic N) is 2. The number of nitro groups is 1. The van der Waals surface area contributed by atoms with Gasteiger partial charge < -0.3 is 4.74 Å². The number of nitro benzene ring substituents is 1. The molecule has 100 valence electrons. The first-order chi connectivity index (χ1) is 9.52. The summed E-state index contributed by atoms with van der Waals surface area (Å²) in [4.78, 5) is 10.0. The van der Waals surface area contributed by atoms with Crippen molar-refractivity contribution in [3.05, 3.63) is 63.5 Å². The van der Waals surface area contributed by atoms with E-state index in [1.807, 2.05) is 0 Å². The van der Waals surface area contributed by atoms with E-state index in [9.17, 15) is 14.5 Å². The second-order valence-corrected chi connectivity index (χ2v) is 4.04. The van der Waals surface area contributed by atoms with Crippen LogP contribution < -0.4 is 4.74 Å². The lowest BCUT2D eigenvalue weighted by Gasteiger charge is -2.08. The number of rotatable bonds is 3. The molecule has 2 aromatic rings. The molecule has 0 amide bonds. The molecule has 0 aliphatic heterocycles. The molecule has 6 heteroatoms. The van der Waals surface area contributed by atoms with Crippen molar-refractivity contribution in [3.8, 4) is 17.6 Å². The molecule has 0 fully saturated rings. The fourth-order valence-corrected chi connectivity index (χ4v) is 1.65. The van der Waals surface area contributed by atoms with Gasteiger partial charge in [-0.2, -0.15) is 5.26 Å². The van der Waals surface area contributed by atoms with Crippen LogP contribution >= 0.6 is 0 Å². The average molecular weight is 272 g/mol. The van der Waals surface area contributed by atoms with Gasteiger partial charge in [0.25, 0.3) is 5.69 Å². The number of ether oxygens (including phenoxy) is 1. The summed E-state index contributed by atoms with van der Waals surface area (Å²) >= 11 is 0. The van der Waals surface area contributed by atoms with E-state index < -0.39 is 10.7 Å². The first kappa shape index (κ1) is 13.5. The molecule has 0 radical (unpaired) electrons. The summed E-state index contributed by atoms with van der Waals surface area (Å²) in [5.74, 6) is -0.344. The van der Waals surface area contributed by atoms with Gasteiger partial charge in [-0.05, 0) is 24.6 Å². The zero-order valence-electron chi connectivity index (χ0n) is 10.5. The molecule has 0 aromatic heterocycles. The fourth-order valence-electron chi connectivity index (χ4n) is 1.65. The van der Waals surface area contributed by atoms with Crippen molar-refractivity contribution in [1.29, 1.82) is 5.26 Å². The SMILES string of the molecule is Cc1cccc(Oc2ccc([N+](=O)[O-])c(C#N)c2)c1F. The molecule has 0 atom stereocenters. The van der Waals surface area contributed by atoms with Crippen molar-refractivity contribution >= 4 is 5.69 Å². The van der Waals surface area contributed by atoms with Crippen molar-refractivity contribution < 1.29 is 14.1 Å². The van der Waals surface area contributed by atoms with Gasteiger partial charge in [-0.25, -0.2) is 4.39 Å². The summed E-state index contributed by atoms with van der Waals surface area (Å²) in [7, 11) is 0. The van der Waals surface area contributed by atoms with Crippen LogP contribution in [0.25, 0.3) is 0 Å². The topological polar surface area (TPSA) is 76.2 Å². The van der Waals surface area contributed by atoms with Gasteiger partial charge in [-0.15, -0.1) is 0 Å². The van der Waals surface area contributed by atoms with E-state index in [-0.39, 0.29) is 22.7 Å². The van der Waals surface area contributed by atoms with E-state index in [0.29, 0.717) is 5.56 Å². The van der Waals surface area contributed by atoms with Gasteiger partial charge in [0, 0.05) is 12.1 Å². The summed E-state index contributed by atoms with van der Waals surface area (Å²) in [6, 6.07) is 10.1. The number of hydrogen-bond donors (Lipinski definition) is 0. The number of hydrogen-bond acceptors (Lipinski definition) is 4. The Morgan fingerprint density at radius 1 is 1.35 bits per heavy atom. The molecule has 0 N–H and O–H groups in total. The van der Waals surface area contributed by atoms with Gasteiger partial charge in [0.2, 0.25) is 0 Å². The monoisotopic (exact) mass is 272 g/mol. The summed E-state index contributed by atoms with van der Waals surface area (Å²) in [6.45, 7) is 1.60. The van der Waals surface area contributed by atoms with Crippen molar-refractivity contribution in [2.75, 3.05) is 0 Å². The normalized spacial score (nSPS) is 9.85. The maximum absolute atomic E-state index is 13.8. The second-order valence-electron chi connectivity index (χ2n) is 4.04. The molecule has 0 heterocycles. The highest BCUT2D eigenvalue weighted by molar-refractivity contribution is 5.52. The summed E-state index contributed by atoms with van der Waals surface area (Å²) < 4.78 is 19.1. The van der Waals surface area contributed by atoms with Gasteiger partial charge in [-0.3, -0.25) is 10.1 Å². The predicted octanol–water partition coefficient (Wildman–Crippen LogP) is 3.71. The minimum absolute atomic E-state index is 0.00254. The molecule has 0 spiro atoms. The van der Waals surface area contributed by atoms with Gasteiger partial charge in [0.1, 0.15) is 17.4 Å². The van der Waals surface area contributed by atoms with Crippen LogP contribution in [-0.2, 0) is 0 Å². The van der Waals surface area contributed by atoms with Crippen LogP contribution in [0.3, 0.4) is 0 Å². The molecular formula is C14H9FN2O3. The Balaban J connectivity index is 2.38. The first-order valence-corrected chi connectivity index (χ1v) is 5.64. The van der Waals surface area contributed by atoms with Crippen molar-refractivity contribution in [1.82, 2.24) is 0 Å². The minimum Gasteiger partial charge on any atom is -0.454 e. The van der Waals surface area contributed by atoms with E-state index in [0.717, 1.165) is 6.07 Å². The summed E-state index contributed by atoms with van der Waals surface area (Å²) in [6.07, 6.45) is 0.